The van der Waals surface area contributed by atoms with Crippen LogP contribution < -0.4 is 15.4 Å². The van der Waals surface area contributed by atoms with Crippen LogP contribution in [0.4, 0.5) is 11.4 Å². The molecular weight excluding hydrogens is 270 g/mol. The topological polar surface area (TPSA) is 76.4 Å². The van der Waals surface area contributed by atoms with Crippen LogP contribution >= 0.6 is 0 Å². The lowest BCUT2D eigenvalue weighted by molar-refractivity contribution is -0.386. The average molecular weight is 293 g/mol. The maximum atomic E-state index is 11.0. The number of nitrogens with one attached hydrogen (secondary N) is 2. The number of nitro benzene ring substituents is 1. The van der Waals surface area contributed by atoms with Gasteiger partial charge in [-0.2, -0.15) is 0 Å². The maximum absolute atomic E-state index is 11.0. The van der Waals surface area contributed by atoms with E-state index in [1.165, 1.54) is 18.9 Å². The number of anilines is 1. The van der Waals surface area contributed by atoms with E-state index in [0.29, 0.717) is 11.8 Å². The van der Waals surface area contributed by atoms with Crippen molar-refractivity contribution in [2.45, 2.75) is 45.3 Å². The van der Waals surface area contributed by atoms with Crippen LogP contribution in [0.15, 0.2) is 18.2 Å². The number of benzene rings is 1. The van der Waals surface area contributed by atoms with Crippen LogP contribution in [0.5, 0.6) is 5.75 Å². The van der Waals surface area contributed by atoms with Gasteiger partial charge in [0.15, 0.2) is 5.75 Å². The molecule has 2 N–H and O–H groups in total. The van der Waals surface area contributed by atoms with Gasteiger partial charge in [-0.1, -0.05) is 6.42 Å². The molecule has 21 heavy (non-hydrogen) atoms. The Morgan fingerprint density at radius 3 is 2.95 bits per heavy atom. The molecule has 0 saturated carbocycles. The molecule has 116 valence electrons. The monoisotopic (exact) mass is 293 g/mol. The summed E-state index contributed by atoms with van der Waals surface area (Å²) in [6, 6.07) is 5.32. The quantitative estimate of drug-likeness (QED) is 0.645. The van der Waals surface area contributed by atoms with Gasteiger partial charge >= 0.3 is 5.69 Å². The van der Waals surface area contributed by atoms with Gasteiger partial charge in [0.05, 0.1) is 11.0 Å². The van der Waals surface area contributed by atoms with Crippen LogP contribution in [0.1, 0.15) is 33.1 Å². The second-order valence-corrected chi connectivity index (χ2v) is 5.65. The number of nitro groups is 1. The fourth-order valence-corrected chi connectivity index (χ4v) is 2.48. The van der Waals surface area contributed by atoms with Gasteiger partial charge in [0.1, 0.15) is 0 Å². The van der Waals surface area contributed by atoms with Gasteiger partial charge in [0, 0.05) is 30.4 Å². The van der Waals surface area contributed by atoms with E-state index in [1.807, 2.05) is 13.8 Å². The van der Waals surface area contributed by atoms with Crippen LogP contribution in [0.25, 0.3) is 0 Å². The maximum Gasteiger partial charge on any atom is 0.311 e. The summed E-state index contributed by atoms with van der Waals surface area (Å²) in [6.07, 6.45) is 3.39. The number of rotatable bonds is 5. The molecule has 0 spiro atoms. The largest absolute Gasteiger partial charge is 0.484 e. The van der Waals surface area contributed by atoms with E-state index >= 15 is 0 Å². The van der Waals surface area contributed by atoms with E-state index < -0.39 is 4.92 Å². The van der Waals surface area contributed by atoms with E-state index in [2.05, 4.69) is 10.6 Å². The zero-order chi connectivity index (χ0) is 15.2. The van der Waals surface area contributed by atoms with Gasteiger partial charge in [-0.05, 0) is 39.3 Å². The molecule has 0 aliphatic carbocycles. The molecular formula is C15H23N3O3. The predicted octanol–water partition coefficient (Wildman–Crippen LogP) is 2.94. The second kappa shape index (κ2) is 7.26. The van der Waals surface area contributed by atoms with Crippen molar-refractivity contribution in [1.82, 2.24) is 5.32 Å². The van der Waals surface area contributed by atoms with Crippen LogP contribution in [0, 0.1) is 10.1 Å². The molecule has 1 fully saturated rings. The minimum Gasteiger partial charge on any atom is -0.484 e. The van der Waals surface area contributed by atoms with Crippen molar-refractivity contribution in [3.05, 3.63) is 28.3 Å². The Morgan fingerprint density at radius 2 is 2.24 bits per heavy atom. The Labute approximate surface area is 125 Å². The molecule has 1 unspecified atom stereocenters. The van der Waals surface area contributed by atoms with Gasteiger partial charge in [0.25, 0.3) is 0 Å². The van der Waals surface area contributed by atoms with E-state index in [4.69, 9.17) is 4.74 Å². The standard InChI is InChI=1S/C15H23N3O3/c1-11(2)21-15-9-12(6-7-14(15)18(19)20)17-13-5-3-4-8-16-10-13/h6-7,9,11,13,16-17H,3-5,8,10H2,1-2H3. The van der Waals surface area contributed by atoms with E-state index in [-0.39, 0.29) is 11.8 Å². The van der Waals surface area contributed by atoms with Gasteiger partial charge in [-0.3, -0.25) is 10.1 Å². The third kappa shape index (κ3) is 4.60. The molecule has 0 aromatic heterocycles. The average Bonchev–Trinajstić information content (AvgIpc) is 2.66. The SMILES string of the molecule is CC(C)Oc1cc(NC2CCCCNC2)ccc1[N+](=O)[O-]. The highest BCUT2D eigenvalue weighted by Gasteiger charge is 2.18. The van der Waals surface area contributed by atoms with Crippen molar-refractivity contribution in [2.75, 3.05) is 18.4 Å². The van der Waals surface area contributed by atoms with Crippen molar-refractivity contribution in [3.8, 4) is 5.75 Å². The van der Waals surface area contributed by atoms with Crippen LogP contribution in [-0.2, 0) is 0 Å². The lowest BCUT2D eigenvalue weighted by Gasteiger charge is -2.19. The summed E-state index contributed by atoms with van der Waals surface area (Å²) in [6.45, 7) is 5.69. The Kier molecular flexibility index (Phi) is 5.38. The van der Waals surface area contributed by atoms with Crippen molar-refractivity contribution in [2.24, 2.45) is 0 Å². The van der Waals surface area contributed by atoms with E-state index in [1.54, 1.807) is 12.1 Å². The molecule has 2 rings (SSSR count). The molecule has 0 amide bonds. The summed E-state index contributed by atoms with van der Waals surface area (Å²) in [7, 11) is 0. The Hall–Kier alpha value is -1.82. The van der Waals surface area contributed by atoms with Gasteiger partial charge in [-0.15, -0.1) is 0 Å². The van der Waals surface area contributed by atoms with Crippen molar-refractivity contribution >= 4 is 11.4 Å². The first-order valence-corrected chi connectivity index (χ1v) is 7.48. The molecule has 6 nitrogen and oxygen atoms in total. The molecule has 1 heterocycles. The lowest BCUT2D eigenvalue weighted by Crippen LogP contribution is -2.30. The highest BCUT2D eigenvalue weighted by molar-refractivity contribution is 5.58. The summed E-state index contributed by atoms with van der Waals surface area (Å²) in [4.78, 5) is 10.6. The summed E-state index contributed by atoms with van der Waals surface area (Å²) in [5.41, 5.74) is 0.873. The predicted molar refractivity (Wildman–Crippen MR) is 83.0 cm³/mol. The van der Waals surface area contributed by atoms with Crippen molar-refractivity contribution in [3.63, 3.8) is 0 Å². The molecule has 1 saturated heterocycles. The number of hydrogen-bond acceptors (Lipinski definition) is 5. The molecule has 1 aliphatic rings. The summed E-state index contributed by atoms with van der Waals surface area (Å²) in [5, 5.41) is 17.9. The number of nitrogens with zero attached hydrogens (tertiary/aromatic N) is 1. The van der Waals surface area contributed by atoms with Gasteiger partial charge in [0.2, 0.25) is 0 Å². The molecule has 1 aliphatic heterocycles. The first kappa shape index (κ1) is 15.6. The van der Waals surface area contributed by atoms with Crippen molar-refractivity contribution in [1.29, 1.82) is 0 Å². The fraction of sp³-hybridized carbons (Fsp3) is 0.600. The summed E-state index contributed by atoms with van der Waals surface area (Å²) in [5.74, 6) is 0.321. The highest BCUT2D eigenvalue weighted by atomic mass is 16.6. The molecule has 0 bridgehead atoms. The first-order valence-electron chi connectivity index (χ1n) is 7.48. The number of hydrogen-bond donors (Lipinski definition) is 2. The highest BCUT2D eigenvalue weighted by Crippen LogP contribution is 2.31. The minimum atomic E-state index is -0.408. The second-order valence-electron chi connectivity index (χ2n) is 5.65. The van der Waals surface area contributed by atoms with E-state index in [9.17, 15) is 10.1 Å². The van der Waals surface area contributed by atoms with Gasteiger partial charge in [-0.25, -0.2) is 0 Å². The van der Waals surface area contributed by atoms with Gasteiger partial charge < -0.3 is 15.4 Å². The smallest absolute Gasteiger partial charge is 0.311 e. The summed E-state index contributed by atoms with van der Waals surface area (Å²) < 4.78 is 5.56. The van der Waals surface area contributed by atoms with Crippen LogP contribution in [-0.4, -0.2) is 30.2 Å². The molecule has 1 atom stereocenters. The van der Waals surface area contributed by atoms with Crippen molar-refractivity contribution < 1.29 is 9.66 Å². The first-order chi connectivity index (χ1) is 10.1. The van der Waals surface area contributed by atoms with Crippen LogP contribution in [0.2, 0.25) is 0 Å². The Balaban J connectivity index is 2.14. The normalized spacial score (nSPS) is 19.1. The number of ether oxygens (including phenoxy) is 1. The lowest BCUT2D eigenvalue weighted by atomic mass is 10.1. The van der Waals surface area contributed by atoms with Crippen LogP contribution in [0.3, 0.4) is 0 Å². The molecule has 1 aromatic rings. The molecule has 6 heteroatoms. The minimum absolute atomic E-state index is 0.00763. The zero-order valence-corrected chi connectivity index (χ0v) is 12.6. The fourth-order valence-electron chi connectivity index (χ4n) is 2.48. The molecule has 1 aromatic carbocycles. The third-order valence-corrected chi connectivity index (χ3v) is 3.44. The summed E-state index contributed by atoms with van der Waals surface area (Å²) >= 11 is 0. The Bertz CT molecular complexity index is 483. The molecule has 0 radical (unpaired) electrons. The third-order valence-electron chi connectivity index (χ3n) is 3.44. The Morgan fingerprint density at radius 1 is 1.43 bits per heavy atom. The zero-order valence-electron chi connectivity index (χ0n) is 12.6. The van der Waals surface area contributed by atoms with E-state index in [0.717, 1.165) is 25.2 Å².